The minimum absolute atomic E-state index is 0.0498. The fourth-order valence-corrected chi connectivity index (χ4v) is 2.32. The number of carbonyl (C=O) groups is 2. The summed E-state index contributed by atoms with van der Waals surface area (Å²) >= 11 is 0. The van der Waals surface area contributed by atoms with Crippen LogP contribution in [-0.2, 0) is 4.79 Å². The number of nitrogens with two attached hydrogens (primary N) is 1. The lowest BCUT2D eigenvalue weighted by Gasteiger charge is -2.15. The zero-order valence-corrected chi connectivity index (χ0v) is 12.0. The molecule has 5 nitrogen and oxygen atoms in total. The van der Waals surface area contributed by atoms with Gasteiger partial charge in [0.25, 0.3) is 5.91 Å². The van der Waals surface area contributed by atoms with Gasteiger partial charge in [0.15, 0.2) is 0 Å². The van der Waals surface area contributed by atoms with Gasteiger partial charge in [0, 0.05) is 24.3 Å². The van der Waals surface area contributed by atoms with Crippen LogP contribution in [0.3, 0.4) is 0 Å². The molecular formula is C16H21N3O2. The molecule has 1 atom stereocenters. The molecular weight excluding hydrogens is 266 g/mol. The van der Waals surface area contributed by atoms with Gasteiger partial charge in [-0.3, -0.25) is 9.59 Å². The van der Waals surface area contributed by atoms with E-state index in [1.807, 2.05) is 4.90 Å². The highest BCUT2D eigenvalue weighted by molar-refractivity contribution is 5.97. The van der Waals surface area contributed by atoms with Crippen molar-refractivity contribution in [1.29, 1.82) is 0 Å². The van der Waals surface area contributed by atoms with Gasteiger partial charge >= 0.3 is 0 Å². The number of hydrogen-bond acceptors (Lipinski definition) is 3. The second-order valence-electron chi connectivity index (χ2n) is 5.20. The quantitative estimate of drug-likeness (QED) is 0.810. The molecule has 3 N–H and O–H groups in total. The van der Waals surface area contributed by atoms with Crippen molar-refractivity contribution in [1.82, 2.24) is 4.90 Å². The van der Waals surface area contributed by atoms with Crippen LogP contribution in [0.25, 0.3) is 0 Å². The van der Waals surface area contributed by atoms with E-state index in [0.717, 1.165) is 25.9 Å². The van der Waals surface area contributed by atoms with Crippen molar-refractivity contribution >= 4 is 17.5 Å². The molecule has 1 saturated heterocycles. The van der Waals surface area contributed by atoms with Crippen molar-refractivity contribution in [3.8, 4) is 0 Å². The van der Waals surface area contributed by atoms with Gasteiger partial charge < -0.3 is 16.0 Å². The van der Waals surface area contributed by atoms with Gasteiger partial charge in [-0.1, -0.05) is 6.08 Å². The highest BCUT2D eigenvalue weighted by atomic mass is 16.2. The molecule has 0 bridgehead atoms. The molecule has 2 amide bonds. The second kappa shape index (κ2) is 7.04. The molecule has 0 spiro atoms. The lowest BCUT2D eigenvalue weighted by molar-refractivity contribution is -0.117. The fourth-order valence-electron chi connectivity index (χ4n) is 2.32. The number of rotatable bonds is 5. The van der Waals surface area contributed by atoms with E-state index in [1.54, 1.807) is 30.3 Å². The van der Waals surface area contributed by atoms with Crippen molar-refractivity contribution in [2.24, 2.45) is 5.73 Å². The first-order chi connectivity index (χ1) is 10.1. The Morgan fingerprint density at radius 1 is 1.29 bits per heavy atom. The average Bonchev–Trinajstić information content (AvgIpc) is 3.01. The highest BCUT2D eigenvalue weighted by Crippen LogP contribution is 2.15. The minimum Gasteiger partial charge on any atom is -0.339 e. The van der Waals surface area contributed by atoms with Crippen molar-refractivity contribution in [2.45, 2.75) is 25.3 Å². The molecule has 1 aromatic rings. The van der Waals surface area contributed by atoms with Gasteiger partial charge in [0.1, 0.15) is 0 Å². The summed E-state index contributed by atoms with van der Waals surface area (Å²) in [5.41, 5.74) is 6.97. The SMILES string of the molecule is C=CCC(N)C(=O)Nc1ccc(C(=O)N2CCCC2)cc1. The van der Waals surface area contributed by atoms with E-state index in [-0.39, 0.29) is 11.8 Å². The molecule has 0 aromatic heterocycles. The second-order valence-corrected chi connectivity index (χ2v) is 5.20. The third kappa shape index (κ3) is 3.92. The molecule has 5 heteroatoms. The summed E-state index contributed by atoms with van der Waals surface area (Å²) in [6.07, 6.45) is 4.18. The van der Waals surface area contributed by atoms with E-state index in [9.17, 15) is 9.59 Å². The van der Waals surface area contributed by atoms with Gasteiger partial charge in [-0.25, -0.2) is 0 Å². The van der Waals surface area contributed by atoms with Crippen LogP contribution in [-0.4, -0.2) is 35.8 Å². The van der Waals surface area contributed by atoms with Crippen LogP contribution < -0.4 is 11.1 Å². The molecule has 1 aromatic carbocycles. The first kappa shape index (κ1) is 15.3. The number of likely N-dealkylation sites (tertiary alicyclic amines) is 1. The average molecular weight is 287 g/mol. The minimum atomic E-state index is -0.603. The third-order valence-corrected chi connectivity index (χ3v) is 3.55. The van der Waals surface area contributed by atoms with E-state index < -0.39 is 6.04 Å². The molecule has 1 aliphatic heterocycles. The summed E-state index contributed by atoms with van der Waals surface area (Å²) in [5, 5.41) is 2.73. The van der Waals surface area contributed by atoms with Crippen molar-refractivity contribution in [3.05, 3.63) is 42.5 Å². The summed E-state index contributed by atoms with van der Waals surface area (Å²) < 4.78 is 0. The number of benzene rings is 1. The fraction of sp³-hybridized carbons (Fsp3) is 0.375. The molecule has 0 aliphatic carbocycles. The molecule has 112 valence electrons. The zero-order chi connectivity index (χ0) is 15.2. The van der Waals surface area contributed by atoms with Gasteiger partial charge in [0.05, 0.1) is 6.04 Å². The Morgan fingerprint density at radius 3 is 2.48 bits per heavy atom. The van der Waals surface area contributed by atoms with Crippen LogP contribution in [0.15, 0.2) is 36.9 Å². The Kier molecular flexibility index (Phi) is 5.11. The van der Waals surface area contributed by atoms with Crippen LogP contribution in [0.4, 0.5) is 5.69 Å². The third-order valence-electron chi connectivity index (χ3n) is 3.55. The lowest BCUT2D eigenvalue weighted by atomic mass is 10.1. The number of nitrogens with zero attached hydrogens (tertiary/aromatic N) is 1. The maximum atomic E-state index is 12.2. The molecule has 0 radical (unpaired) electrons. The molecule has 0 saturated carbocycles. The van der Waals surface area contributed by atoms with Crippen molar-refractivity contribution < 1.29 is 9.59 Å². The molecule has 2 rings (SSSR count). The largest absolute Gasteiger partial charge is 0.339 e. The predicted octanol–water partition coefficient (Wildman–Crippen LogP) is 1.76. The molecule has 1 unspecified atom stereocenters. The van der Waals surface area contributed by atoms with Crippen molar-refractivity contribution in [2.75, 3.05) is 18.4 Å². The van der Waals surface area contributed by atoms with Crippen molar-refractivity contribution in [3.63, 3.8) is 0 Å². The van der Waals surface area contributed by atoms with Crippen LogP contribution in [0, 0.1) is 0 Å². The van der Waals surface area contributed by atoms with E-state index in [1.165, 1.54) is 0 Å². The zero-order valence-electron chi connectivity index (χ0n) is 12.0. The summed E-state index contributed by atoms with van der Waals surface area (Å²) in [6, 6.07) is 6.31. The summed E-state index contributed by atoms with van der Waals surface area (Å²) in [5.74, 6) is -0.206. The standard InChI is InChI=1S/C16H21N3O2/c1-2-5-14(17)15(20)18-13-8-6-12(7-9-13)16(21)19-10-3-4-11-19/h2,6-9,14H,1,3-5,10-11,17H2,(H,18,20). The molecule has 21 heavy (non-hydrogen) atoms. The maximum Gasteiger partial charge on any atom is 0.253 e. The molecule has 1 heterocycles. The first-order valence-corrected chi connectivity index (χ1v) is 7.18. The molecule has 1 aliphatic rings. The van der Waals surface area contributed by atoms with E-state index in [0.29, 0.717) is 17.7 Å². The van der Waals surface area contributed by atoms with Gasteiger partial charge in [-0.15, -0.1) is 6.58 Å². The Bertz CT molecular complexity index is 519. The Balaban J connectivity index is 1.96. The normalized spacial score (nSPS) is 15.6. The number of hydrogen-bond donors (Lipinski definition) is 2. The maximum absolute atomic E-state index is 12.2. The van der Waals surface area contributed by atoms with E-state index >= 15 is 0 Å². The number of amides is 2. The van der Waals surface area contributed by atoms with Crippen LogP contribution >= 0.6 is 0 Å². The van der Waals surface area contributed by atoms with Crippen LogP contribution in [0.2, 0.25) is 0 Å². The lowest BCUT2D eigenvalue weighted by Crippen LogP contribution is -2.35. The Hall–Kier alpha value is -2.14. The van der Waals surface area contributed by atoms with Gasteiger partial charge in [0.2, 0.25) is 5.91 Å². The van der Waals surface area contributed by atoms with E-state index in [2.05, 4.69) is 11.9 Å². The molecule has 1 fully saturated rings. The monoisotopic (exact) mass is 287 g/mol. The summed E-state index contributed by atoms with van der Waals surface area (Å²) in [6.45, 7) is 5.21. The number of nitrogens with one attached hydrogen (secondary N) is 1. The highest BCUT2D eigenvalue weighted by Gasteiger charge is 2.19. The Labute approximate surface area is 124 Å². The summed E-state index contributed by atoms with van der Waals surface area (Å²) in [7, 11) is 0. The van der Waals surface area contributed by atoms with Crippen LogP contribution in [0.1, 0.15) is 29.6 Å². The predicted molar refractivity (Wildman–Crippen MR) is 83.0 cm³/mol. The van der Waals surface area contributed by atoms with Crippen LogP contribution in [0.5, 0.6) is 0 Å². The number of carbonyl (C=O) groups excluding carboxylic acids is 2. The van der Waals surface area contributed by atoms with Gasteiger partial charge in [-0.05, 0) is 43.5 Å². The van der Waals surface area contributed by atoms with Gasteiger partial charge in [-0.2, -0.15) is 0 Å². The Morgan fingerprint density at radius 2 is 1.90 bits per heavy atom. The number of anilines is 1. The summed E-state index contributed by atoms with van der Waals surface area (Å²) in [4.78, 5) is 25.8. The smallest absolute Gasteiger partial charge is 0.253 e. The first-order valence-electron chi connectivity index (χ1n) is 7.18. The van der Waals surface area contributed by atoms with E-state index in [4.69, 9.17) is 5.73 Å². The topological polar surface area (TPSA) is 75.4 Å².